The maximum absolute atomic E-state index is 12.4. The summed E-state index contributed by atoms with van der Waals surface area (Å²) < 4.78 is 5.37. The number of hydrogen-bond donors (Lipinski definition) is 1. The molecule has 0 bridgehead atoms. The molecule has 2 fully saturated rings. The highest BCUT2D eigenvalue weighted by molar-refractivity contribution is 5.98. The molecule has 1 N–H and O–H groups in total. The topological polar surface area (TPSA) is 58.6 Å². The second-order valence-corrected chi connectivity index (χ2v) is 6.20. The van der Waals surface area contributed by atoms with Gasteiger partial charge in [0.05, 0.1) is 0 Å². The SMILES string of the molecule is CN(CC1CC1)C(=O)c1cccc(NC(=O)C2CCCO2)c1. The maximum Gasteiger partial charge on any atom is 0.253 e. The number of anilines is 1. The van der Waals surface area contributed by atoms with Gasteiger partial charge >= 0.3 is 0 Å². The van der Waals surface area contributed by atoms with Crippen LogP contribution in [0.1, 0.15) is 36.0 Å². The van der Waals surface area contributed by atoms with Crippen LogP contribution in [0.4, 0.5) is 5.69 Å². The zero-order valence-electron chi connectivity index (χ0n) is 12.9. The third-order valence-electron chi connectivity index (χ3n) is 4.17. The summed E-state index contributed by atoms with van der Waals surface area (Å²) in [7, 11) is 1.83. The molecule has 0 aromatic heterocycles. The number of rotatable bonds is 5. The minimum atomic E-state index is -0.364. The normalized spacial score (nSPS) is 20.7. The smallest absolute Gasteiger partial charge is 0.253 e. The summed E-state index contributed by atoms with van der Waals surface area (Å²) in [5.74, 6) is 0.532. The first-order valence-corrected chi connectivity index (χ1v) is 7.91. The Labute approximate surface area is 130 Å². The number of carbonyl (C=O) groups excluding carboxylic acids is 2. The van der Waals surface area contributed by atoms with Crippen molar-refractivity contribution in [2.24, 2.45) is 5.92 Å². The second kappa shape index (κ2) is 6.48. The van der Waals surface area contributed by atoms with Gasteiger partial charge in [0.1, 0.15) is 6.10 Å². The van der Waals surface area contributed by atoms with Crippen LogP contribution in [-0.4, -0.2) is 43.0 Å². The van der Waals surface area contributed by atoms with E-state index in [1.807, 2.05) is 7.05 Å². The highest BCUT2D eigenvalue weighted by Gasteiger charge is 2.26. The van der Waals surface area contributed by atoms with Gasteiger partial charge < -0.3 is 15.0 Å². The number of carbonyl (C=O) groups is 2. The van der Waals surface area contributed by atoms with Gasteiger partial charge in [0.2, 0.25) is 0 Å². The molecule has 2 amide bonds. The fourth-order valence-electron chi connectivity index (χ4n) is 2.73. The van der Waals surface area contributed by atoms with Gasteiger partial charge in [-0.1, -0.05) is 6.07 Å². The lowest BCUT2D eigenvalue weighted by atomic mass is 10.1. The van der Waals surface area contributed by atoms with Crippen molar-refractivity contribution in [1.29, 1.82) is 0 Å². The molecule has 1 aromatic carbocycles. The lowest BCUT2D eigenvalue weighted by molar-refractivity contribution is -0.124. The van der Waals surface area contributed by atoms with Gasteiger partial charge in [-0.25, -0.2) is 0 Å². The summed E-state index contributed by atoms with van der Waals surface area (Å²) in [5.41, 5.74) is 1.25. The number of nitrogens with one attached hydrogen (secondary N) is 1. The first kappa shape index (κ1) is 15.0. The van der Waals surface area contributed by atoms with Gasteiger partial charge in [0.25, 0.3) is 11.8 Å². The van der Waals surface area contributed by atoms with Crippen LogP contribution in [0.2, 0.25) is 0 Å². The molecule has 0 spiro atoms. The molecule has 1 unspecified atom stereocenters. The maximum atomic E-state index is 12.4. The Bertz CT molecular complexity index is 563. The lowest BCUT2D eigenvalue weighted by Crippen LogP contribution is -2.29. The van der Waals surface area contributed by atoms with E-state index < -0.39 is 0 Å². The van der Waals surface area contributed by atoms with Crippen molar-refractivity contribution in [3.05, 3.63) is 29.8 Å². The number of nitrogens with zero attached hydrogens (tertiary/aromatic N) is 1. The molecule has 118 valence electrons. The zero-order valence-corrected chi connectivity index (χ0v) is 12.9. The Balaban J connectivity index is 1.63. The molecule has 1 atom stereocenters. The zero-order chi connectivity index (χ0) is 15.5. The van der Waals surface area contributed by atoms with Crippen LogP contribution in [0.3, 0.4) is 0 Å². The summed E-state index contributed by atoms with van der Waals surface area (Å²) in [4.78, 5) is 26.2. The molecule has 0 radical (unpaired) electrons. The van der Waals surface area contributed by atoms with E-state index in [2.05, 4.69) is 5.32 Å². The summed E-state index contributed by atoms with van der Waals surface area (Å²) in [6.07, 6.45) is 3.75. The van der Waals surface area contributed by atoms with Crippen molar-refractivity contribution in [2.75, 3.05) is 25.5 Å². The molecule has 2 aliphatic rings. The molecule has 3 rings (SSSR count). The Morgan fingerprint density at radius 1 is 1.32 bits per heavy atom. The minimum absolute atomic E-state index is 0.000107. The predicted octanol–water partition coefficient (Wildman–Crippen LogP) is 2.29. The number of hydrogen-bond acceptors (Lipinski definition) is 3. The average molecular weight is 302 g/mol. The summed E-state index contributed by atoms with van der Waals surface area (Å²) in [5, 5.41) is 2.84. The summed E-state index contributed by atoms with van der Waals surface area (Å²) >= 11 is 0. The van der Waals surface area contributed by atoms with E-state index in [0.717, 1.165) is 19.4 Å². The number of ether oxygens (including phenoxy) is 1. The minimum Gasteiger partial charge on any atom is -0.368 e. The van der Waals surface area contributed by atoms with E-state index in [4.69, 9.17) is 4.74 Å². The van der Waals surface area contributed by atoms with E-state index in [9.17, 15) is 9.59 Å². The van der Waals surface area contributed by atoms with Crippen molar-refractivity contribution in [2.45, 2.75) is 31.8 Å². The van der Waals surface area contributed by atoms with Crippen molar-refractivity contribution in [3.63, 3.8) is 0 Å². The van der Waals surface area contributed by atoms with Gasteiger partial charge in [-0.05, 0) is 49.8 Å². The molecule has 5 heteroatoms. The standard InChI is InChI=1S/C17H22N2O3/c1-19(11-12-7-8-12)17(21)13-4-2-5-14(10-13)18-16(20)15-6-3-9-22-15/h2,4-5,10,12,15H,3,6-9,11H2,1H3,(H,18,20). The van der Waals surface area contributed by atoms with E-state index in [0.29, 0.717) is 23.8 Å². The molecule has 1 saturated carbocycles. The lowest BCUT2D eigenvalue weighted by Gasteiger charge is -2.17. The Kier molecular flexibility index (Phi) is 4.43. The molecular formula is C17H22N2O3. The number of amides is 2. The van der Waals surface area contributed by atoms with Gasteiger partial charge in [-0.3, -0.25) is 9.59 Å². The Hall–Kier alpha value is -1.88. The quantitative estimate of drug-likeness (QED) is 0.908. The highest BCUT2D eigenvalue weighted by atomic mass is 16.5. The largest absolute Gasteiger partial charge is 0.368 e. The van der Waals surface area contributed by atoms with E-state index in [-0.39, 0.29) is 17.9 Å². The van der Waals surface area contributed by atoms with Crippen molar-refractivity contribution in [3.8, 4) is 0 Å². The van der Waals surface area contributed by atoms with Gasteiger partial charge in [0.15, 0.2) is 0 Å². The first-order valence-electron chi connectivity index (χ1n) is 7.91. The second-order valence-electron chi connectivity index (χ2n) is 6.20. The van der Waals surface area contributed by atoms with Crippen LogP contribution < -0.4 is 5.32 Å². The molecule has 5 nitrogen and oxygen atoms in total. The molecule has 1 aliphatic heterocycles. The predicted molar refractivity (Wildman–Crippen MR) is 83.7 cm³/mol. The van der Waals surface area contributed by atoms with Crippen LogP contribution in [-0.2, 0) is 9.53 Å². The van der Waals surface area contributed by atoms with E-state index in [1.54, 1.807) is 29.2 Å². The van der Waals surface area contributed by atoms with Crippen LogP contribution in [0.5, 0.6) is 0 Å². The van der Waals surface area contributed by atoms with Crippen molar-refractivity contribution < 1.29 is 14.3 Å². The van der Waals surface area contributed by atoms with Crippen LogP contribution in [0.15, 0.2) is 24.3 Å². The highest BCUT2D eigenvalue weighted by Crippen LogP contribution is 2.29. The molecule has 1 aromatic rings. The molecule has 1 aliphatic carbocycles. The fraction of sp³-hybridized carbons (Fsp3) is 0.529. The van der Waals surface area contributed by atoms with Crippen LogP contribution in [0.25, 0.3) is 0 Å². The third kappa shape index (κ3) is 3.65. The van der Waals surface area contributed by atoms with Gasteiger partial charge in [-0.15, -0.1) is 0 Å². The Morgan fingerprint density at radius 3 is 2.82 bits per heavy atom. The van der Waals surface area contributed by atoms with Gasteiger partial charge in [0, 0.05) is 31.5 Å². The summed E-state index contributed by atoms with van der Waals surface area (Å²) in [6, 6.07) is 7.11. The Morgan fingerprint density at radius 2 is 2.14 bits per heavy atom. The fourth-order valence-corrected chi connectivity index (χ4v) is 2.73. The molecular weight excluding hydrogens is 280 g/mol. The molecule has 1 saturated heterocycles. The average Bonchev–Trinajstić information content (AvgIpc) is 3.16. The van der Waals surface area contributed by atoms with Crippen LogP contribution in [0, 0.1) is 5.92 Å². The van der Waals surface area contributed by atoms with Crippen molar-refractivity contribution >= 4 is 17.5 Å². The van der Waals surface area contributed by atoms with Gasteiger partial charge in [-0.2, -0.15) is 0 Å². The van der Waals surface area contributed by atoms with E-state index >= 15 is 0 Å². The first-order chi connectivity index (χ1) is 10.6. The monoisotopic (exact) mass is 302 g/mol. The van der Waals surface area contributed by atoms with Crippen LogP contribution >= 0.6 is 0 Å². The van der Waals surface area contributed by atoms with Crippen molar-refractivity contribution in [1.82, 2.24) is 4.90 Å². The third-order valence-corrected chi connectivity index (χ3v) is 4.17. The number of benzene rings is 1. The molecule has 1 heterocycles. The summed E-state index contributed by atoms with van der Waals surface area (Å²) in [6.45, 7) is 1.45. The van der Waals surface area contributed by atoms with E-state index in [1.165, 1.54) is 12.8 Å². The molecule has 22 heavy (non-hydrogen) atoms.